The first-order valence-corrected chi connectivity index (χ1v) is 12.9. The Morgan fingerprint density at radius 1 is 1.31 bits per heavy atom. The summed E-state index contributed by atoms with van der Waals surface area (Å²) in [6.45, 7) is 3.24. The van der Waals surface area contributed by atoms with Crippen LogP contribution in [0.15, 0.2) is 4.99 Å². The van der Waals surface area contributed by atoms with Crippen LogP contribution < -0.4 is 26.2 Å². The molecule has 4 unspecified atom stereocenters. The first-order valence-electron chi connectivity index (χ1n) is 11.2. The highest BCUT2D eigenvalue weighted by Gasteiger charge is 2.32. The summed E-state index contributed by atoms with van der Waals surface area (Å²) in [6, 6.07) is -1.40. The summed E-state index contributed by atoms with van der Waals surface area (Å²) >= 11 is 0. The van der Waals surface area contributed by atoms with Gasteiger partial charge >= 0.3 is 5.97 Å². The Morgan fingerprint density at radius 3 is 2.81 bits per heavy atom. The number of unbranched alkanes of at least 4 members (excludes halogenated alkanes) is 2. The lowest BCUT2D eigenvalue weighted by Gasteiger charge is -2.19. The predicted octanol–water partition coefficient (Wildman–Crippen LogP) is -0.955. The topological polar surface area (TPSA) is 170 Å². The maximum absolute atomic E-state index is 12.3. The second-order valence-corrected chi connectivity index (χ2v) is 9.88. The van der Waals surface area contributed by atoms with Crippen molar-refractivity contribution in [3.8, 4) is 0 Å². The van der Waals surface area contributed by atoms with Gasteiger partial charge in [0.2, 0.25) is 10.0 Å². The van der Waals surface area contributed by atoms with Gasteiger partial charge in [-0.2, -0.15) is 10.2 Å². The third kappa shape index (κ3) is 9.88. The Balaban J connectivity index is 1.64. The molecule has 2 aliphatic heterocycles. The summed E-state index contributed by atoms with van der Waals surface area (Å²) in [6.07, 6.45) is 6.41. The number of aliphatic carboxylic acids is 1. The van der Waals surface area contributed by atoms with E-state index in [0.29, 0.717) is 19.3 Å². The minimum Gasteiger partial charge on any atom is -0.480 e. The van der Waals surface area contributed by atoms with Gasteiger partial charge < -0.3 is 10.4 Å². The summed E-state index contributed by atoms with van der Waals surface area (Å²) in [5, 5.41) is 18.3. The molecule has 2 heterocycles. The molecule has 0 aromatic heterocycles. The van der Waals surface area contributed by atoms with E-state index in [4.69, 9.17) is 4.84 Å². The molecule has 0 saturated carbocycles. The van der Waals surface area contributed by atoms with Crippen LogP contribution in [0.5, 0.6) is 0 Å². The van der Waals surface area contributed by atoms with Gasteiger partial charge in [-0.15, -0.1) is 0 Å². The molecule has 0 radical (unpaired) electrons. The normalized spacial score (nSPS) is 24.3. The molecule has 1 amide bonds. The fraction of sp³-hybridized carbons (Fsp3) is 0.842. The number of rotatable bonds is 15. The van der Waals surface area contributed by atoms with E-state index in [1.807, 2.05) is 13.1 Å². The van der Waals surface area contributed by atoms with Gasteiger partial charge in [0.15, 0.2) is 12.4 Å². The number of carboxylic acid groups (broad SMARTS) is 1. The molecule has 0 aliphatic carbocycles. The van der Waals surface area contributed by atoms with E-state index in [2.05, 4.69) is 31.1 Å². The van der Waals surface area contributed by atoms with Crippen molar-refractivity contribution in [1.29, 1.82) is 0 Å². The monoisotopic (exact) mass is 476 g/mol. The third-order valence-electron chi connectivity index (χ3n) is 5.22. The Bertz CT molecular complexity index is 734. The molecular weight excluding hydrogens is 440 g/mol. The minimum absolute atomic E-state index is 0.0180. The van der Waals surface area contributed by atoms with Crippen molar-refractivity contribution >= 4 is 28.1 Å². The molecule has 2 aliphatic rings. The lowest BCUT2D eigenvalue weighted by Crippen LogP contribution is -2.50. The van der Waals surface area contributed by atoms with E-state index >= 15 is 0 Å². The number of carbonyl (C=O) groups excluding carboxylic acids is 1. The van der Waals surface area contributed by atoms with Crippen LogP contribution >= 0.6 is 0 Å². The summed E-state index contributed by atoms with van der Waals surface area (Å²) < 4.78 is 26.0. The first kappa shape index (κ1) is 26.6. The molecule has 1 fully saturated rings. The number of hydrogen-bond acceptors (Lipinski definition) is 9. The van der Waals surface area contributed by atoms with Crippen LogP contribution in [0.2, 0.25) is 0 Å². The number of nitrogens with one attached hydrogen (secondary N) is 5. The van der Waals surface area contributed by atoms with Crippen molar-refractivity contribution in [1.82, 2.24) is 26.2 Å². The van der Waals surface area contributed by atoms with Crippen LogP contribution in [0.4, 0.5) is 0 Å². The standard InChI is InChI=1S/C19H36N6O6S/c1-2-3-11-32(29,30)25-15(18(27)28)13-23-17(26)16-12-14(24-31-16)7-4-5-8-20-19-21-9-6-10-22-19/h9,14-16,19-20,22,24-25H,2-8,10-13H2,1H3,(H,23,26)(H,27,28). The molecule has 2 rings (SSSR count). The Labute approximate surface area is 189 Å². The van der Waals surface area contributed by atoms with E-state index in [9.17, 15) is 23.1 Å². The van der Waals surface area contributed by atoms with Gasteiger partial charge in [0.25, 0.3) is 5.91 Å². The van der Waals surface area contributed by atoms with E-state index in [0.717, 1.165) is 38.8 Å². The third-order valence-corrected chi connectivity index (χ3v) is 6.69. The smallest absolute Gasteiger partial charge is 0.323 e. The highest BCUT2D eigenvalue weighted by atomic mass is 32.2. The van der Waals surface area contributed by atoms with Crippen molar-refractivity contribution in [3.63, 3.8) is 0 Å². The van der Waals surface area contributed by atoms with Crippen LogP contribution in [0, 0.1) is 0 Å². The number of sulfonamides is 1. The molecule has 184 valence electrons. The molecule has 0 spiro atoms. The number of hydrogen-bond donors (Lipinski definition) is 6. The second kappa shape index (κ2) is 13.8. The molecule has 32 heavy (non-hydrogen) atoms. The van der Waals surface area contributed by atoms with E-state index in [-0.39, 0.29) is 24.6 Å². The Hall–Kier alpha value is -1.64. The van der Waals surface area contributed by atoms with Crippen LogP contribution in [0.1, 0.15) is 51.9 Å². The molecule has 0 aromatic carbocycles. The fourth-order valence-electron chi connectivity index (χ4n) is 3.37. The van der Waals surface area contributed by atoms with E-state index < -0.39 is 34.0 Å². The molecular formula is C19H36N6O6S. The van der Waals surface area contributed by atoms with Gasteiger partial charge in [-0.05, 0) is 32.2 Å². The average molecular weight is 477 g/mol. The molecule has 0 aromatic rings. The van der Waals surface area contributed by atoms with Crippen molar-refractivity contribution in [3.05, 3.63) is 0 Å². The molecule has 6 N–H and O–H groups in total. The zero-order valence-corrected chi connectivity index (χ0v) is 19.3. The van der Waals surface area contributed by atoms with Crippen molar-refractivity contribution in [2.45, 2.75) is 76.3 Å². The average Bonchev–Trinajstić information content (AvgIpc) is 3.24. The summed E-state index contributed by atoms with van der Waals surface area (Å²) in [7, 11) is -3.73. The molecule has 1 saturated heterocycles. The highest BCUT2D eigenvalue weighted by Crippen LogP contribution is 2.16. The Kier molecular flexibility index (Phi) is 11.5. The highest BCUT2D eigenvalue weighted by molar-refractivity contribution is 7.89. The zero-order valence-electron chi connectivity index (χ0n) is 18.5. The van der Waals surface area contributed by atoms with Crippen LogP contribution in [0.25, 0.3) is 0 Å². The van der Waals surface area contributed by atoms with Crippen molar-refractivity contribution in [2.75, 3.05) is 25.4 Å². The van der Waals surface area contributed by atoms with Crippen LogP contribution in [-0.4, -0.2) is 81.5 Å². The van der Waals surface area contributed by atoms with Gasteiger partial charge in [0.1, 0.15) is 6.04 Å². The number of nitrogens with zero attached hydrogens (tertiary/aromatic N) is 1. The quantitative estimate of drug-likeness (QED) is 0.163. The molecule has 13 heteroatoms. The van der Waals surface area contributed by atoms with Crippen molar-refractivity contribution in [2.24, 2.45) is 4.99 Å². The SMILES string of the molecule is CCCCS(=O)(=O)NC(CNC(=O)C1CC(CCCCNC2N=CCCN2)NO1)C(=O)O. The largest absolute Gasteiger partial charge is 0.480 e. The lowest BCUT2D eigenvalue weighted by atomic mass is 10.0. The molecule has 4 atom stereocenters. The zero-order chi connectivity index (χ0) is 23.4. The van der Waals surface area contributed by atoms with E-state index in [1.54, 1.807) is 0 Å². The van der Waals surface area contributed by atoms with E-state index in [1.165, 1.54) is 0 Å². The molecule has 12 nitrogen and oxygen atoms in total. The second-order valence-electron chi connectivity index (χ2n) is 8.01. The van der Waals surface area contributed by atoms with Gasteiger partial charge in [0, 0.05) is 31.8 Å². The number of hydroxylamine groups is 1. The fourth-order valence-corrected chi connectivity index (χ4v) is 4.78. The van der Waals surface area contributed by atoms with Crippen LogP contribution in [-0.2, 0) is 24.4 Å². The number of aliphatic imine (C=N–C) groups is 1. The number of carboxylic acids is 1. The predicted molar refractivity (Wildman–Crippen MR) is 119 cm³/mol. The van der Waals surface area contributed by atoms with Gasteiger partial charge in [-0.25, -0.2) is 8.42 Å². The maximum atomic E-state index is 12.3. The Morgan fingerprint density at radius 2 is 2.12 bits per heavy atom. The lowest BCUT2D eigenvalue weighted by molar-refractivity contribution is -0.139. The molecule has 0 bridgehead atoms. The summed E-state index contributed by atoms with van der Waals surface area (Å²) in [4.78, 5) is 33.3. The van der Waals surface area contributed by atoms with Crippen LogP contribution in [0.3, 0.4) is 0 Å². The summed E-state index contributed by atoms with van der Waals surface area (Å²) in [5.41, 5.74) is 2.85. The number of carbonyl (C=O) groups is 2. The van der Waals surface area contributed by atoms with Gasteiger partial charge in [-0.1, -0.05) is 19.8 Å². The van der Waals surface area contributed by atoms with Crippen molar-refractivity contribution < 1.29 is 28.0 Å². The van der Waals surface area contributed by atoms with Gasteiger partial charge in [0.05, 0.1) is 5.75 Å². The van der Waals surface area contributed by atoms with Gasteiger partial charge in [-0.3, -0.25) is 30.1 Å². The number of amides is 1. The summed E-state index contributed by atoms with van der Waals surface area (Å²) in [5.74, 6) is -1.98. The maximum Gasteiger partial charge on any atom is 0.323 e. The minimum atomic E-state index is -3.73. The first-order chi connectivity index (χ1) is 15.3.